The van der Waals surface area contributed by atoms with Gasteiger partial charge in [-0.05, 0) is 37.5 Å². The zero-order chi connectivity index (χ0) is 18.4. The summed E-state index contributed by atoms with van der Waals surface area (Å²) in [6.45, 7) is 5.97. The van der Waals surface area contributed by atoms with Crippen molar-refractivity contribution >= 4 is 17.7 Å². The van der Waals surface area contributed by atoms with Crippen molar-refractivity contribution in [3.05, 3.63) is 41.8 Å². The van der Waals surface area contributed by atoms with Crippen molar-refractivity contribution in [1.29, 1.82) is 0 Å². The van der Waals surface area contributed by atoms with Gasteiger partial charge in [-0.25, -0.2) is 4.79 Å². The Bertz CT molecular complexity index is 725. The van der Waals surface area contributed by atoms with Crippen molar-refractivity contribution in [3.8, 4) is 17.0 Å². The third-order valence-corrected chi connectivity index (χ3v) is 3.81. The molecule has 0 spiro atoms. The molecule has 0 aliphatic rings. The van der Waals surface area contributed by atoms with E-state index in [2.05, 4.69) is 9.97 Å². The number of nitrogens with zero attached hydrogens (tertiary/aromatic N) is 2. The number of nitrogens with two attached hydrogens (primary N) is 1. The Labute approximate surface area is 152 Å². The van der Waals surface area contributed by atoms with Crippen LogP contribution in [0.2, 0.25) is 5.02 Å². The number of amides is 1. The van der Waals surface area contributed by atoms with Crippen molar-refractivity contribution in [2.75, 3.05) is 6.61 Å². The Morgan fingerprint density at radius 2 is 2.04 bits per heavy atom. The van der Waals surface area contributed by atoms with Gasteiger partial charge in [0.2, 0.25) is 0 Å². The van der Waals surface area contributed by atoms with Crippen molar-refractivity contribution in [1.82, 2.24) is 9.97 Å². The first kappa shape index (κ1) is 19.0. The molecule has 1 amide bonds. The molecule has 0 saturated heterocycles. The average Bonchev–Trinajstić information content (AvgIpc) is 2.53. The van der Waals surface area contributed by atoms with Crippen LogP contribution in [-0.4, -0.2) is 28.3 Å². The molecule has 0 fully saturated rings. The van der Waals surface area contributed by atoms with Crippen molar-refractivity contribution in [2.45, 2.75) is 32.8 Å². The molecule has 6 nitrogen and oxygen atoms in total. The van der Waals surface area contributed by atoms with Crippen molar-refractivity contribution in [3.63, 3.8) is 0 Å². The smallest absolute Gasteiger partial charge is 0.405 e. The number of hydrogen-bond donors (Lipinski definition) is 1. The molecule has 0 saturated carbocycles. The van der Waals surface area contributed by atoms with Crippen molar-refractivity contribution in [2.24, 2.45) is 11.7 Å². The van der Waals surface area contributed by atoms with Gasteiger partial charge in [-0.2, -0.15) is 0 Å². The Hall–Kier alpha value is -2.34. The second-order valence-corrected chi connectivity index (χ2v) is 6.90. The number of primary amides is 1. The molecule has 25 heavy (non-hydrogen) atoms. The number of hydrogen-bond acceptors (Lipinski definition) is 5. The maximum Gasteiger partial charge on any atom is 0.405 e. The van der Waals surface area contributed by atoms with E-state index >= 15 is 0 Å². The summed E-state index contributed by atoms with van der Waals surface area (Å²) in [5, 5.41) is 0.424. The molecule has 2 heterocycles. The molecule has 1 atom stereocenters. The normalized spacial score (nSPS) is 13.3. The number of aromatic nitrogens is 2. The molecule has 7 heteroatoms. The first-order valence-electron chi connectivity index (χ1n) is 7.96. The fraction of sp³-hybridized carbons (Fsp3) is 0.389. The van der Waals surface area contributed by atoms with E-state index in [1.54, 1.807) is 31.6 Å². The second-order valence-electron chi connectivity index (χ2n) is 6.49. The van der Waals surface area contributed by atoms with E-state index in [9.17, 15) is 4.79 Å². The summed E-state index contributed by atoms with van der Waals surface area (Å²) in [6, 6.07) is 5.42. The van der Waals surface area contributed by atoms with Crippen LogP contribution in [0.1, 0.15) is 27.2 Å². The van der Waals surface area contributed by atoms with Gasteiger partial charge >= 0.3 is 6.09 Å². The highest BCUT2D eigenvalue weighted by Gasteiger charge is 2.30. The third kappa shape index (κ3) is 5.60. The highest BCUT2D eigenvalue weighted by atomic mass is 35.5. The molecule has 1 unspecified atom stereocenters. The fourth-order valence-corrected chi connectivity index (χ4v) is 2.88. The SMILES string of the molecule is CC(C)CC(C)(COc1cnc(-c2ccncc2)cc1Cl)OC(N)=O. The summed E-state index contributed by atoms with van der Waals surface area (Å²) in [4.78, 5) is 19.5. The van der Waals surface area contributed by atoms with E-state index in [0.717, 1.165) is 11.3 Å². The molecule has 2 aromatic rings. The molecule has 0 bridgehead atoms. The molecule has 2 rings (SSSR count). The third-order valence-electron chi connectivity index (χ3n) is 3.52. The van der Waals surface area contributed by atoms with Gasteiger partial charge in [0, 0.05) is 18.0 Å². The van der Waals surface area contributed by atoms with Gasteiger partial charge < -0.3 is 15.2 Å². The van der Waals surface area contributed by atoms with Crippen LogP contribution in [0.4, 0.5) is 4.79 Å². The van der Waals surface area contributed by atoms with E-state index < -0.39 is 11.7 Å². The lowest BCUT2D eigenvalue weighted by Crippen LogP contribution is -2.41. The van der Waals surface area contributed by atoms with Gasteiger partial charge in [-0.3, -0.25) is 9.97 Å². The molecule has 2 aromatic heterocycles. The minimum atomic E-state index is -0.840. The van der Waals surface area contributed by atoms with Gasteiger partial charge in [0.15, 0.2) is 5.75 Å². The molecule has 0 radical (unpaired) electrons. The van der Waals surface area contributed by atoms with E-state index in [0.29, 0.717) is 23.1 Å². The molecule has 2 N–H and O–H groups in total. The summed E-state index contributed by atoms with van der Waals surface area (Å²) in [6.07, 6.45) is 4.71. The van der Waals surface area contributed by atoms with Crippen LogP contribution in [-0.2, 0) is 4.74 Å². The number of rotatable bonds is 7. The lowest BCUT2D eigenvalue weighted by Gasteiger charge is -2.30. The number of ether oxygens (including phenoxy) is 2. The van der Waals surface area contributed by atoms with Crippen LogP contribution < -0.4 is 10.5 Å². The zero-order valence-corrected chi connectivity index (χ0v) is 15.3. The predicted molar refractivity (Wildman–Crippen MR) is 96.5 cm³/mol. The van der Waals surface area contributed by atoms with E-state index in [1.165, 1.54) is 0 Å². The number of carbonyl (C=O) groups is 1. The quantitative estimate of drug-likeness (QED) is 0.800. The maximum absolute atomic E-state index is 11.2. The molecule has 0 aliphatic heterocycles. The number of carbonyl (C=O) groups excluding carboxylic acids is 1. The minimum absolute atomic E-state index is 0.129. The van der Waals surface area contributed by atoms with Gasteiger partial charge in [0.25, 0.3) is 0 Å². The maximum atomic E-state index is 11.2. The highest BCUT2D eigenvalue weighted by Crippen LogP contribution is 2.30. The van der Waals surface area contributed by atoms with Crippen molar-refractivity contribution < 1.29 is 14.3 Å². The summed E-state index contributed by atoms with van der Waals surface area (Å²) in [5.74, 6) is 0.720. The molecule has 0 aliphatic carbocycles. The number of pyridine rings is 2. The Balaban J connectivity index is 2.12. The largest absolute Gasteiger partial charge is 0.486 e. The molecular formula is C18H22ClN3O3. The van der Waals surface area contributed by atoms with E-state index in [-0.39, 0.29) is 6.61 Å². The molecule has 134 valence electrons. The zero-order valence-electron chi connectivity index (χ0n) is 14.5. The highest BCUT2D eigenvalue weighted by molar-refractivity contribution is 6.32. The first-order valence-corrected chi connectivity index (χ1v) is 8.34. The topological polar surface area (TPSA) is 87.3 Å². The van der Waals surface area contributed by atoms with E-state index in [1.807, 2.05) is 26.0 Å². The first-order chi connectivity index (χ1) is 11.8. The van der Waals surface area contributed by atoms with Crippen LogP contribution in [0.5, 0.6) is 5.75 Å². The molecule has 0 aromatic carbocycles. The monoisotopic (exact) mass is 363 g/mol. The minimum Gasteiger partial charge on any atom is -0.486 e. The van der Waals surface area contributed by atoms with Gasteiger partial charge in [-0.1, -0.05) is 25.4 Å². The van der Waals surface area contributed by atoms with Gasteiger partial charge in [0.1, 0.15) is 12.2 Å². The average molecular weight is 364 g/mol. The summed E-state index contributed by atoms with van der Waals surface area (Å²) in [7, 11) is 0. The molecular weight excluding hydrogens is 342 g/mol. The van der Waals surface area contributed by atoms with Crippen LogP contribution in [0.3, 0.4) is 0 Å². The summed E-state index contributed by atoms with van der Waals surface area (Å²) < 4.78 is 11.0. The van der Waals surface area contributed by atoms with Crippen LogP contribution in [0.25, 0.3) is 11.3 Å². The van der Waals surface area contributed by atoms with Crippen LogP contribution >= 0.6 is 11.6 Å². The standard InChI is InChI=1S/C18H22ClN3O3/c1-12(2)9-18(3,25-17(20)23)11-24-16-10-22-15(8-14(16)19)13-4-6-21-7-5-13/h4-8,10,12H,9,11H2,1-3H3,(H2,20,23). The Morgan fingerprint density at radius 1 is 1.36 bits per heavy atom. The van der Waals surface area contributed by atoms with E-state index in [4.69, 9.17) is 26.8 Å². The lowest BCUT2D eigenvalue weighted by molar-refractivity contribution is -0.0186. The summed E-state index contributed by atoms with van der Waals surface area (Å²) >= 11 is 6.31. The second kappa shape index (κ2) is 8.16. The van der Waals surface area contributed by atoms with Crippen LogP contribution in [0, 0.1) is 5.92 Å². The summed E-state index contributed by atoms with van der Waals surface area (Å²) in [5.41, 5.74) is 5.97. The fourth-order valence-electron chi connectivity index (χ4n) is 2.67. The predicted octanol–water partition coefficient (Wildman–Crippen LogP) is 4.08. The Kier molecular flexibility index (Phi) is 6.20. The Morgan fingerprint density at radius 3 is 2.60 bits per heavy atom. The van der Waals surface area contributed by atoms with Gasteiger partial charge in [0.05, 0.1) is 16.9 Å². The number of halogens is 1. The van der Waals surface area contributed by atoms with Gasteiger partial charge in [-0.15, -0.1) is 0 Å². The lowest BCUT2D eigenvalue weighted by atomic mass is 9.95. The van der Waals surface area contributed by atoms with Crippen LogP contribution in [0.15, 0.2) is 36.8 Å².